The van der Waals surface area contributed by atoms with Crippen LogP contribution in [0.2, 0.25) is 0 Å². The van der Waals surface area contributed by atoms with Crippen molar-refractivity contribution in [1.82, 2.24) is 5.32 Å². The van der Waals surface area contributed by atoms with Crippen molar-refractivity contribution in [3.05, 3.63) is 12.2 Å². The molecule has 0 aromatic rings. The largest absolute Gasteiger partial charge is 0.394 e. The second-order valence-corrected chi connectivity index (χ2v) is 14.6. The molecule has 1 fully saturated rings. The minimum Gasteiger partial charge on any atom is -0.394 e. The molecule has 0 unspecified atom stereocenters. The Hall–Kier alpha value is -1.11. The first-order chi connectivity index (χ1) is 24.3. The van der Waals surface area contributed by atoms with Crippen LogP contribution in [0.1, 0.15) is 174 Å². The van der Waals surface area contributed by atoms with E-state index < -0.39 is 61.5 Å². The molecule has 0 spiro atoms. The number of aliphatic hydroxyl groups is 6. The van der Waals surface area contributed by atoms with Crippen molar-refractivity contribution in [3.63, 3.8) is 0 Å². The molecule has 1 amide bonds. The van der Waals surface area contributed by atoms with Crippen molar-refractivity contribution >= 4 is 5.91 Å². The second kappa shape index (κ2) is 31.4. The van der Waals surface area contributed by atoms with E-state index in [4.69, 9.17) is 9.47 Å². The number of rotatable bonds is 33. The second-order valence-electron chi connectivity index (χ2n) is 14.6. The Balaban J connectivity index is 2.48. The fourth-order valence-electron chi connectivity index (χ4n) is 6.51. The zero-order valence-electron chi connectivity index (χ0n) is 31.8. The normalized spacial score (nSPS) is 22.9. The van der Waals surface area contributed by atoms with Gasteiger partial charge in [-0.05, 0) is 38.5 Å². The lowest BCUT2D eigenvalue weighted by Gasteiger charge is -2.40. The van der Waals surface area contributed by atoms with Gasteiger partial charge in [-0.1, -0.05) is 148 Å². The van der Waals surface area contributed by atoms with E-state index in [9.17, 15) is 35.4 Å². The summed E-state index contributed by atoms with van der Waals surface area (Å²) in [5.74, 6) is -0.593. The third-order valence-electron chi connectivity index (χ3n) is 9.98. The van der Waals surface area contributed by atoms with Crippen molar-refractivity contribution in [2.45, 2.75) is 223 Å². The van der Waals surface area contributed by atoms with Gasteiger partial charge in [-0.15, -0.1) is 0 Å². The van der Waals surface area contributed by atoms with E-state index in [1.807, 2.05) is 0 Å². The highest BCUT2D eigenvalue weighted by Gasteiger charge is 2.44. The molecular formula is C40H77NO9. The average molecular weight is 716 g/mol. The van der Waals surface area contributed by atoms with E-state index in [2.05, 4.69) is 31.3 Å². The lowest BCUT2D eigenvalue weighted by atomic mass is 9.99. The van der Waals surface area contributed by atoms with Crippen molar-refractivity contribution in [2.24, 2.45) is 0 Å². The molecule has 10 heteroatoms. The highest BCUT2D eigenvalue weighted by atomic mass is 16.7. The van der Waals surface area contributed by atoms with E-state index in [0.29, 0.717) is 12.8 Å². The number of hydrogen-bond donors (Lipinski definition) is 7. The van der Waals surface area contributed by atoms with Gasteiger partial charge in [0.25, 0.3) is 0 Å². The number of ether oxygens (including phenoxy) is 2. The molecule has 0 aliphatic carbocycles. The minimum atomic E-state index is -1.60. The van der Waals surface area contributed by atoms with Crippen LogP contribution in [-0.2, 0) is 14.3 Å². The molecule has 1 aliphatic rings. The van der Waals surface area contributed by atoms with Crippen LogP contribution in [0.5, 0.6) is 0 Å². The Morgan fingerprint density at radius 2 is 1.12 bits per heavy atom. The van der Waals surface area contributed by atoms with Crippen LogP contribution >= 0.6 is 0 Å². The molecule has 0 saturated carbocycles. The average Bonchev–Trinajstić information content (AvgIpc) is 3.11. The van der Waals surface area contributed by atoms with Crippen molar-refractivity contribution in [3.8, 4) is 0 Å². The SMILES string of the molecule is CCCCCCCC/C=C/CCCCC[C@@H](O)[C@H](CO[C@@H]1O[C@H](CO)[C@@H](O)[C@H](O)[C@H]1O)NC(=O)[C@H](O)CCCCCCCCCCCCCC. The maximum absolute atomic E-state index is 13.0. The van der Waals surface area contributed by atoms with Gasteiger partial charge in [-0.25, -0.2) is 0 Å². The number of carbonyl (C=O) groups excluding carboxylic acids is 1. The highest BCUT2D eigenvalue weighted by molar-refractivity contribution is 5.80. The summed E-state index contributed by atoms with van der Waals surface area (Å²) in [6.07, 6.45) is 22.6. The predicted molar refractivity (Wildman–Crippen MR) is 200 cm³/mol. The number of amides is 1. The number of carbonyl (C=O) groups is 1. The fourth-order valence-corrected chi connectivity index (χ4v) is 6.51. The molecule has 1 aliphatic heterocycles. The first-order valence-corrected chi connectivity index (χ1v) is 20.5. The summed E-state index contributed by atoms with van der Waals surface area (Å²) >= 11 is 0. The molecule has 8 atom stereocenters. The molecule has 1 rings (SSSR count). The third kappa shape index (κ3) is 22.1. The predicted octanol–water partition coefficient (Wildman–Crippen LogP) is 6.36. The molecular weight excluding hydrogens is 638 g/mol. The Kier molecular flexibility index (Phi) is 29.5. The summed E-state index contributed by atoms with van der Waals surface area (Å²) in [5.41, 5.74) is 0. The summed E-state index contributed by atoms with van der Waals surface area (Å²) < 4.78 is 11.1. The molecule has 10 nitrogen and oxygen atoms in total. The topological polar surface area (TPSA) is 169 Å². The van der Waals surface area contributed by atoms with E-state index in [1.165, 1.54) is 89.9 Å². The van der Waals surface area contributed by atoms with Crippen LogP contribution in [0.25, 0.3) is 0 Å². The molecule has 1 heterocycles. The summed E-state index contributed by atoms with van der Waals surface area (Å²) in [7, 11) is 0. The van der Waals surface area contributed by atoms with Gasteiger partial charge in [-0.3, -0.25) is 4.79 Å². The Labute approximate surface area is 304 Å². The smallest absolute Gasteiger partial charge is 0.249 e. The van der Waals surface area contributed by atoms with E-state index in [0.717, 1.165) is 57.8 Å². The van der Waals surface area contributed by atoms with Gasteiger partial charge in [0, 0.05) is 0 Å². The van der Waals surface area contributed by atoms with Crippen LogP contribution in [0.3, 0.4) is 0 Å². The summed E-state index contributed by atoms with van der Waals surface area (Å²) in [5, 5.41) is 64.5. The van der Waals surface area contributed by atoms with Crippen LogP contribution < -0.4 is 5.32 Å². The van der Waals surface area contributed by atoms with Gasteiger partial charge in [0.15, 0.2) is 6.29 Å². The van der Waals surface area contributed by atoms with Crippen LogP contribution in [0.4, 0.5) is 0 Å². The molecule has 0 aromatic heterocycles. The van der Waals surface area contributed by atoms with Gasteiger partial charge < -0.3 is 45.4 Å². The van der Waals surface area contributed by atoms with Crippen molar-refractivity contribution in [1.29, 1.82) is 0 Å². The van der Waals surface area contributed by atoms with Gasteiger partial charge >= 0.3 is 0 Å². The zero-order chi connectivity index (χ0) is 36.8. The molecule has 0 bridgehead atoms. The minimum absolute atomic E-state index is 0.262. The van der Waals surface area contributed by atoms with Crippen LogP contribution in [0, 0.1) is 0 Å². The maximum Gasteiger partial charge on any atom is 0.249 e. The van der Waals surface area contributed by atoms with Gasteiger partial charge in [0.2, 0.25) is 5.91 Å². The molecule has 7 N–H and O–H groups in total. The number of nitrogens with one attached hydrogen (secondary N) is 1. The maximum atomic E-state index is 13.0. The molecule has 1 saturated heterocycles. The van der Waals surface area contributed by atoms with Crippen molar-refractivity contribution < 1.29 is 44.9 Å². The lowest BCUT2D eigenvalue weighted by molar-refractivity contribution is -0.302. The first-order valence-electron chi connectivity index (χ1n) is 20.5. The number of unbranched alkanes of at least 4 members (excludes halogenated alkanes) is 20. The van der Waals surface area contributed by atoms with Gasteiger partial charge in [0.1, 0.15) is 30.5 Å². The van der Waals surface area contributed by atoms with Crippen LogP contribution in [0.15, 0.2) is 12.2 Å². The molecule has 296 valence electrons. The highest BCUT2D eigenvalue weighted by Crippen LogP contribution is 2.23. The summed E-state index contributed by atoms with van der Waals surface area (Å²) in [6, 6.07) is -0.899. The number of aliphatic hydroxyl groups excluding tert-OH is 6. The number of allylic oxidation sites excluding steroid dienone is 2. The van der Waals surface area contributed by atoms with E-state index >= 15 is 0 Å². The van der Waals surface area contributed by atoms with Crippen LogP contribution in [-0.4, -0.2) is 98.7 Å². The Morgan fingerprint density at radius 3 is 1.64 bits per heavy atom. The van der Waals surface area contributed by atoms with E-state index in [1.54, 1.807) is 0 Å². The number of hydrogen-bond acceptors (Lipinski definition) is 9. The molecule has 0 radical (unpaired) electrons. The lowest BCUT2D eigenvalue weighted by Crippen LogP contribution is -2.60. The van der Waals surface area contributed by atoms with Crippen molar-refractivity contribution in [2.75, 3.05) is 13.2 Å². The quantitative estimate of drug-likeness (QED) is 0.0302. The Morgan fingerprint density at radius 1 is 0.660 bits per heavy atom. The standard InChI is InChI=1S/C40H77NO9/c1-3-5-7-9-11-13-15-17-19-20-22-24-26-28-33(43)32(31-49-40-38(47)37(46)36(45)35(30-42)50-40)41-39(48)34(44)29-27-25-23-21-18-16-14-12-10-8-6-4-2/h17,19,32-38,40,42-47H,3-16,18,20-31H2,1-2H3,(H,41,48)/b19-17+/t32-,33+,34+,35+,36+,37-,38+,40+/m0/s1. The van der Waals surface area contributed by atoms with E-state index in [-0.39, 0.29) is 6.61 Å². The van der Waals surface area contributed by atoms with Gasteiger partial charge in [-0.2, -0.15) is 0 Å². The first kappa shape index (κ1) is 46.9. The van der Waals surface area contributed by atoms with Gasteiger partial charge in [0.05, 0.1) is 25.4 Å². The Bertz CT molecular complexity index is 814. The molecule has 50 heavy (non-hydrogen) atoms. The monoisotopic (exact) mass is 716 g/mol. The molecule has 0 aromatic carbocycles. The summed E-state index contributed by atoms with van der Waals surface area (Å²) in [6.45, 7) is 3.61. The zero-order valence-corrected chi connectivity index (χ0v) is 31.8. The fraction of sp³-hybridized carbons (Fsp3) is 0.925. The third-order valence-corrected chi connectivity index (χ3v) is 9.98. The summed E-state index contributed by atoms with van der Waals surface area (Å²) in [4.78, 5) is 13.0.